The molecule has 1 atom stereocenters. The van der Waals surface area contributed by atoms with Gasteiger partial charge in [0, 0.05) is 24.4 Å². The minimum absolute atomic E-state index is 0.0268. The Morgan fingerprint density at radius 1 is 1.15 bits per heavy atom. The van der Waals surface area contributed by atoms with Gasteiger partial charge in [-0.3, -0.25) is 4.79 Å². The van der Waals surface area contributed by atoms with Crippen LogP contribution in [-0.4, -0.2) is 11.2 Å². The van der Waals surface area contributed by atoms with Crippen LogP contribution in [0.2, 0.25) is 0 Å². The van der Waals surface area contributed by atoms with E-state index in [-0.39, 0.29) is 17.9 Å². The molecule has 0 fully saturated rings. The number of aromatic nitrogens is 1. The van der Waals surface area contributed by atoms with Crippen molar-refractivity contribution >= 4 is 0 Å². The van der Waals surface area contributed by atoms with Gasteiger partial charge >= 0.3 is 6.61 Å². The molecule has 6 heteroatoms. The van der Waals surface area contributed by atoms with Gasteiger partial charge in [0.25, 0.3) is 5.56 Å². The fourth-order valence-corrected chi connectivity index (χ4v) is 1.91. The number of nitrogens with zero attached hydrogens (tertiary/aromatic N) is 1. The largest absolute Gasteiger partial charge is 0.434 e. The minimum atomic E-state index is -2.91. The maximum absolute atomic E-state index is 12.3. The first-order chi connectivity index (χ1) is 9.58. The van der Waals surface area contributed by atoms with E-state index in [9.17, 15) is 13.6 Å². The van der Waals surface area contributed by atoms with Crippen LogP contribution in [0.1, 0.15) is 11.6 Å². The van der Waals surface area contributed by atoms with Crippen molar-refractivity contribution < 1.29 is 13.5 Å². The zero-order valence-corrected chi connectivity index (χ0v) is 10.6. The number of para-hydroxylation sites is 1. The molecule has 1 unspecified atom stereocenters. The van der Waals surface area contributed by atoms with Crippen LogP contribution in [0.25, 0.3) is 0 Å². The quantitative estimate of drug-likeness (QED) is 0.913. The molecule has 0 spiro atoms. The summed E-state index contributed by atoms with van der Waals surface area (Å²) in [5, 5.41) is 0. The van der Waals surface area contributed by atoms with Crippen LogP contribution in [0.15, 0.2) is 53.5 Å². The van der Waals surface area contributed by atoms with E-state index in [4.69, 9.17) is 5.73 Å². The van der Waals surface area contributed by atoms with E-state index in [2.05, 4.69) is 4.74 Å². The molecule has 2 aromatic rings. The molecule has 0 aliphatic heterocycles. The molecule has 0 aliphatic carbocycles. The van der Waals surface area contributed by atoms with Crippen LogP contribution < -0.4 is 16.0 Å². The van der Waals surface area contributed by atoms with Crippen LogP contribution >= 0.6 is 0 Å². The molecule has 2 rings (SSSR count). The van der Waals surface area contributed by atoms with Crippen molar-refractivity contribution in [1.82, 2.24) is 4.57 Å². The van der Waals surface area contributed by atoms with Crippen molar-refractivity contribution in [2.45, 2.75) is 19.2 Å². The molecule has 0 bridgehead atoms. The van der Waals surface area contributed by atoms with Crippen LogP contribution in [0.5, 0.6) is 5.75 Å². The Hall–Kier alpha value is -2.21. The van der Waals surface area contributed by atoms with Gasteiger partial charge in [0.05, 0.1) is 6.04 Å². The lowest BCUT2D eigenvalue weighted by atomic mass is 10.1. The molecule has 0 saturated heterocycles. The van der Waals surface area contributed by atoms with Gasteiger partial charge in [-0.25, -0.2) is 0 Å². The summed E-state index contributed by atoms with van der Waals surface area (Å²) in [7, 11) is 0. The molecule has 4 nitrogen and oxygen atoms in total. The van der Waals surface area contributed by atoms with E-state index >= 15 is 0 Å². The average molecular weight is 280 g/mol. The standard InChI is InChI=1S/C14H14F2N2O2/c15-14(16)20-12-6-2-1-5-10(12)11(17)9-18-8-4-3-7-13(18)19/h1-8,11,14H,9,17H2. The first-order valence-electron chi connectivity index (χ1n) is 6.02. The SMILES string of the molecule is NC(Cn1ccccc1=O)c1ccccc1OC(F)F. The number of rotatable bonds is 5. The van der Waals surface area contributed by atoms with E-state index in [1.165, 1.54) is 16.7 Å². The molecule has 0 saturated carbocycles. The van der Waals surface area contributed by atoms with Crippen molar-refractivity contribution in [2.75, 3.05) is 0 Å². The van der Waals surface area contributed by atoms with Crippen molar-refractivity contribution in [3.8, 4) is 5.75 Å². The van der Waals surface area contributed by atoms with Gasteiger partial charge in [0.15, 0.2) is 0 Å². The highest BCUT2D eigenvalue weighted by atomic mass is 19.3. The molecule has 1 heterocycles. The van der Waals surface area contributed by atoms with Gasteiger partial charge in [0.1, 0.15) is 5.75 Å². The fourth-order valence-electron chi connectivity index (χ4n) is 1.91. The number of pyridine rings is 1. The zero-order valence-electron chi connectivity index (χ0n) is 10.6. The van der Waals surface area contributed by atoms with Crippen molar-refractivity contribution in [3.63, 3.8) is 0 Å². The molecule has 1 aromatic heterocycles. The molecule has 0 amide bonds. The Balaban J connectivity index is 2.23. The summed E-state index contributed by atoms with van der Waals surface area (Å²) in [6.07, 6.45) is 1.60. The average Bonchev–Trinajstić information content (AvgIpc) is 2.41. The molecule has 2 N–H and O–H groups in total. The summed E-state index contributed by atoms with van der Waals surface area (Å²) >= 11 is 0. The summed E-state index contributed by atoms with van der Waals surface area (Å²) in [4.78, 5) is 11.6. The predicted octanol–water partition coefficient (Wildman–Crippen LogP) is 2.15. The van der Waals surface area contributed by atoms with Crippen LogP contribution in [0.3, 0.4) is 0 Å². The monoisotopic (exact) mass is 280 g/mol. The summed E-state index contributed by atoms with van der Waals surface area (Å²) in [6, 6.07) is 10.4. The molecule has 0 aliphatic rings. The third kappa shape index (κ3) is 3.42. The molecular weight excluding hydrogens is 266 g/mol. The maximum Gasteiger partial charge on any atom is 0.387 e. The van der Waals surface area contributed by atoms with E-state index in [1.54, 1.807) is 36.5 Å². The summed E-state index contributed by atoms with van der Waals surface area (Å²) in [5.74, 6) is 0.0268. The van der Waals surface area contributed by atoms with E-state index < -0.39 is 12.7 Å². The van der Waals surface area contributed by atoms with Gasteiger partial charge in [0.2, 0.25) is 0 Å². The number of alkyl halides is 2. The Bertz CT molecular complexity index is 628. The summed E-state index contributed by atoms with van der Waals surface area (Å²) in [6.45, 7) is -2.73. The Kier molecular flexibility index (Phi) is 4.47. The number of hydrogen-bond acceptors (Lipinski definition) is 3. The fraction of sp³-hybridized carbons (Fsp3) is 0.214. The number of hydrogen-bond donors (Lipinski definition) is 1. The lowest BCUT2D eigenvalue weighted by molar-refractivity contribution is -0.0506. The lowest BCUT2D eigenvalue weighted by Gasteiger charge is -2.17. The van der Waals surface area contributed by atoms with Crippen molar-refractivity contribution in [2.24, 2.45) is 5.73 Å². The third-order valence-electron chi connectivity index (χ3n) is 2.83. The maximum atomic E-state index is 12.3. The van der Waals surface area contributed by atoms with Crippen LogP contribution in [0.4, 0.5) is 8.78 Å². The number of nitrogens with two attached hydrogens (primary N) is 1. The Morgan fingerprint density at radius 3 is 2.55 bits per heavy atom. The molecule has 0 radical (unpaired) electrons. The van der Waals surface area contributed by atoms with Gasteiger partial charge in [-0.2, -0.15) is 8.78 Å². The minimum Gasteiger partial charge on any atom is -0.434 e. The first-order valence-corrected chi connectivity index (χ1v) is 6.02. The van der Waals surface area contributed by atoms with Gasteiger partial charge in [-0.05, 0) is 12.1 Å². The second kappa shape index (κ2) is 6.29. The molecule has 106 valence electrons. The normalized spacial score (nSPS) is 12.4. The predicted molar refractivity (Wildman–Crippen MR) is 70.7 cm³/mol. The topological polar surface area (TPSA) is 57.2 Å². The van der Waals surface area contributed by atoms with Gasteiger partial charge in [-0.1, -0.05) is 24.3 Å². The molecular formula is C14H14F2N2O2. The molecule has 1 aromatic carbocycles. The number of halogens is 2. The summed E-state index contributed by atoms with van der Waals surface area (Å²) < 4.78 is 30.5. The van der Waals surface area contributed by atoms with Crippen LogP contribution in [-0.2, 0) is 6.54 Å². The summed E-state index contributed by atoms with van der Waals surface area (Å²) in [5.41, 5.74) is 6.22. The van der Waals surface area contributed by atoms with Crippen molar-refractivity contribution in [1.29, 1.82) is 0 Å². The molecule has 20 heavy (non-hydrogen) atoms. The number of benzene rings is 1. The first kappa shape index (κ1) is 14.2. The van der Waals surface area contributed by atoms with Crippen LogP contribution in [0, 0.1) is 0 Å². The highest BCUT2D eigenvalue weighted by Gasteiger charge is 2.15. The smallest absolute Gasteiger partial charge is 0.387 e. The van der Waals surface area contributed by atoms with E-state index in [0.717, 1.165) is 0 Å². The van der Waals surface area contributed by atoms with Crippen molar-refractivity contribution in [3.05, 3.63) is 64.6 Å². The van der Waals surface area contributed by atoms with Gasteiger partial charge < -0.3 is 15.0 Å². The van der Waals surface area contributed by atoms with E-state index in [0.29, 0.717) is 5.56 Å². The second-order valence-corrected chi connectivity index (χ2v) is 4.21. The highest BCUT2D eigenvalue weighted by Crippen LogP contribution is 2.25. The Morgan fingerprint density at radius 2 is 1.85 bits per heavy atom. The highest BCUT2D eigenvalue weighted by molar-refractivity contribution is 5.35. The second-order valence-electron chi connectivity index (χ2n) is 4.21. The lowest BCUT2D eigenvalue weighted by Crippen LogP contribution is -2.26. The zero-order chi connectivity index (χ0) is 14.5. The van der Waals surface area contributed by atoms with Gasteiger partial charge in [-0.15, -0.1) is 0 Å². The number of ether oxygens (including phenoxy) is 1. The third-order valence-corrected chi connectivity index (χ3v) is 2.83. The Labute approximate surface area is 114 Å². The van der Waals surface area contributed by atoms with E-state index in [1.807, 2.05) is 0 Å².